The Hall–Kier alpha value is -1.29. The van der Waals surface area contributed by atoms with Gasteiger partial charge in [0, 0.05) is 0 Å². The van der Waals surface area contributed by atoms with Crippen LogP contribution in [0.15, 0.2) is 47.6 Å². The first-order valence-electron chi connectivity index (χ1n) is 3.80. The van der Waals surface area contributed by atoms with Gasteiger partial charge in [0.05, 0.1) is 12.4 Å². The second-order valence-electron chi connectivity index (χ2n) is 2.48. The Kier molecular flexibility index (Phi) is 2.31. The van der Waals surface area contributed by atoms with E-state index in [-0.39, 0.29) is 0 Å². The highest BCUT2D eigenvalue weighted by Crippen LogP contribution is 2.01. The standard InChI is InChI=1S/C9H7BrN3/c10-8-6-12-9(7-11-8)13-4-2-1-3-5-13/h1-7H/q+1. The summed E-state index contributed by atoms with van der Waals surface area (Å²) in [5.41, 5.74) is 0. The van der Waals surface area contributed by atoms with Crippen molar-refractivity contribution in [2.24, 2.45) is 0 Å². The number of rotatable bonds is 1. The Morgan fingerprint density at radius 3 is 2.38 bits per heavy atom. The van der Waals surface area contributed by atoms with E-state index in [9.17, 15) is 0 Å². The number of halogens is 1. The van der Waals surface area contributed by atoms with Crippen LogP contribution in [-0.4, -0.2) is 9.97 Å². The van der Waals surface area contributed by atoms with Gasteiger partial charge < -0.3 is 0 Å². The number of nitrogens with zero attached hydrogens (tertiary/aromatic N) is 3. The molecule has 0 radical (unpaired) electrons. The van der Waals surface area contributed by atoms with Crippen LogP contribution in [0.4, 0.5) is 0 Å². The minimum absolute atomic E-state index is 0.743. The topological polar surface area (TPSA) is 29.7 Å². The highest BCUT2D eigenvalue weighted by molar-refractivity contribution is 9.10. The van der Waals surface area contributed by atoms with Gasteiger partial charge in [-0.3, -0.25) is 0 Å². The summed E-state index contributed by atoms with van der Waals surface area (Å²) in [4.78, 5) is 8.29. The van der Waals surface area contributed by atoms with Crippen molar-refractivity contribution in [3.63, 3.8) is 0 Å². The van der Waals surface area contributed by atoms with Gasteiger partial charge in [-0.15, -0.1) is 0 Å². The molecule has 0 saturated heterocycles. The summed E-state index contributed by atoms with van der Waals surface area (Å²) >= 11 is 3.24. The minimum atomic E-state index is 0.743. The summed E-state index contributed by atoms with van der Waals surface area (Å²) in [6.07, 6.45) is 7.25. The lowest BCUT2D eigenvalue weighted by atomic mass is 10.5. The molecular formula is C9H7BrN3+. The molecule has 0 spiro atoms. The van der Waals surface area contributed by atoms with Gasteiger partial charge in [-0.2, -0.15) is 0 Å². The molecule has 0 aliphatic heterocycles. The quantitative estimate of drug-likeness (QED) is 0.703. The Labute approximate surface area is 84.2 Å². The van der Waals surface area contributed by atoms with Crippen LogP contribution >= 0.6 is 15.9 Å². The fraction of sp³-hybridized carbons (Fsp3) is 0. The van der Waals surface area contributed by atoms with Gasteiger partial charge in [0.1, 0.15) is 10.8 Å². The molecule has 13 heavy (non-hydrogen) atoms. The van der Waals surface area contributed by atoms with Gasteiger partial charge >= 0.3 is 5.82 Å². The van der Waals surface area contributed by atoms with Crippen molar-refractivity contribution >= 4 is 15.9 Å². The third kappa shape index (κ3) is 1.89. The highest BCUT2D eigenvalue weighted by atomic mass is 79.9. The van der Waals surface area contributed by atoms with Crippen LogP contribution in [0.3, 0.4) is 0 Å². The van der Waals surface area contributed by atoms with Gasteiger partial charge in [-0.05, 0) is 33.0 Å². The molecule has 0 aliphatic rings. The largest absolute Gasteiger partial charge is 0.346 e. The number of pyridine rings is 1. The average molecular weight is 237 g/mol. The number of hydrogen-bond donors (Lipinski definition) is 0. The van der Waals surface area contributed by atoms with Crippen LogP contribution in [0.1, 0.15) is 0 Å². The molecule has 0 unspecified atom stereocenters. The van der Waals surface area contributed by atoms with E-state index >= 15 is 0 Å². The van der Waals surface area contributed by atoms with Crippen molar-refractivity contribution in [1.82, 2.24) is 9.97 Å². The van der Waals surface area contributed by atoms with Crippen LogP contribution in [0.25, 0.3) is 5.82 Å². The van der Waals surface area contributed by atoms with Gasteiger partial charge in [0.15, 0.2) is 6.20 Å². The van der Waals surface area contributed by atoms with Gasteiger partial charge in [0.2, 0.25) is 0 Å². The molecule has 2 aromatic heterocycles. The summed E-state index contributed by atoms with van der Waals surface area (Å²) in [5.74, 6) is 0.809. The predicted octanol–water partition coefficient (Wildman–Crippen LogP) is 1.52. The fourth-order valence-corrected chi connectivity index (χ4v) is 1.19. The zero-order valence-electron chi connectivity index (χ0n) is 6.76. The van der Waals surface area contributed by atoms with E-state index in [1.165, 1.54) is 0 Å². The normalized spacial score (nSPS) is 9.92. The Morgan fingerprint density at radius 1 is 1.00 bits per heavy atom. The molecule has 0 amide bonds. The third-order valence-electron chi connectivity index (χ3n) is 1.59. The van der Waals surface area contributed by atoms with Crippen LogP contribution in [-0.2, 0) is 0 Å². The number of aromatic nitrogens is 3. The highest BCUT2D eigenvalue weighted by Gasteiger charge is 2.05. The van der Waals surface area contributed by atoms with Gasteiger partial charge in [-0.25, -0.2) is 9.55 Å². The smallest absolute Gasteiger partial charge is 0.237 e. The SMILES string of the molecule is Brc1cnc(-[n+]2ccccc2)cn1. The van der Waals surface area contributed by atoms with E-state index in [4.69, 9.17) is 0 Å². The van der Waals surface area contributed by atoms with E-state index in [0.29, 0.717) is 0 Å². The summed E-state index contributed by atoms with van der Waals surface area (Å²) in [5, 5.41) is 0. The van der Waals surface area contributed by atoms with Gasteiger partial charge in [0.25, 0.3) is 0 Å². The zero-order chi connectivity index (χ0) is 9.10. The molecule has 64 valence electrons. The summed E-state index contributed by atoms with van der Waals surface area (Å²) in [7, 11) is 0. The monoisotopic (exact) mass is 236 g/mol. The molecule has 0 saturated carbocycles. The molecule has 0 aliphatic carbocycles. The van der Waals surface area contributed by atoms with Crippen molar-refractivity contribution < 1.29 is 4.57 Å². The Balaban J connectivity index is 2.42. The van der Waals surface area contributed by atoms with Crippen molar-refractivity contribution in [3.05, 3.63) is 47.6 Å². The first-order chi connectivity index (χ1) is 6.36. The first kappa shape index (κ1) is 8.31. The lowest BCUT2D eigenvalue weighted by Crippen LogP contribution is -2.30. The molecule has 2 heterocycles. The molecule has 0 atom stereocenters. The second-order valence-corrected chi connectivity index (χ2v) is 3.29. The maximum Gasteiger partial charge on any atom is 0.346 e. The molecule has 2 aromatic rings. The first-order valence-corrected chi connectivity index (χ1v) is 4.60. The van der Waals surface area contributed by atoms with Crippen LogP contribution in [0, 0.1) is 0 Å². The summed E-state index contributed by atoms with van der Waals surface area (Å²) in [6.45, 7) is 0. The van der Waals surface area contributed by atoms with Crippen molar-refractivity contribution in [1.29, 1.82) is 0 Å². The molecular weight excluding hydrogens is 230 g/mol. The van der Waals surface area contributed by atoms with Crippen molar-refractivity contribution in [3.8, 4) is 5.82 Å². The van der Waals surface area contributed by atoms with E-state index < -0.39 is 0 Å². The number of hydrogen-bond acceptors (Lipinski definition) is 2. The maximum absolute atomic E-state index is 4.20. The second kappa shape index (κ2) is 3.62. The van der Waals surface area contributed by atoms with E-state index in [1.54, 1.807) is 12.4 Å². The maximum atomic E-state index is 4.20. The minimum Gasteiger partial charge on any atom is -0.237 e. The summed E-state index contributed by atoms with van der Waals surface area (Å²) in [6, 6.07) is 5.86. The van der Waals surface area contributed by atoms with Crippen molar-refractivity contribution in [2.75, 3.05) is 0 Å². The lowest BCUT2D eigenvalue weighted by Gasteiger charge is -1.92. The zero-order valence-corrected chi connectivity index (χ0v) is 8.35. The van der Waals surface area contributed by atoms with Crippen LogP contribution < -0.4 is 4.57 Å². The predicted molar refractivity (Wildman–Crippen MR) is 51.3 cm³/mol. The molecule has 3 nitrogen and oxygen atoms in total. The lowest BCUT2D eigenvalue weighted by molar-refractivity contribution is -0.599. The third-order valence-corrected chi connectivity index (χ3v) is 2.00. The molecule has 0 fully saturated rings. The van der Waals surface area contributed by atoms with Crippen LogP contribution in [0.5, 0.6) is 0 Å². The molecule has 0 N–H and O–H groups in total. The van der Waals surface area contributed by atoms with Crippen molar-refractivity contribution in [2.45, 2.75) is 0 Å². The molecule has 0 aromatic carbocycles. The van der Waals surface area contributed by atoms with Gasteiger partial charge in [-0.1, -0.05) is 6.07 Å². The molecule has 2 rings (SSSR count). The Bertz CT molecular complexity index is 385. The Morgan fingerprint density at radius 2 is 1.77 bits per heavy atom. The fourth-order valence-electron chi connectivity index (χ4n) is 0.990. The molecule has 0 bridgehead atoms. The molecule has 4 heteroatoms. The van der Waals surface area contributed by atoms with E-state index in [2.05, 4.69) is 25.9 Å². The average Bonchev–Trinajstić information content (AvgIpc) is 2.20. The van der Waals surface area contributed by atoms with Crippen LogP contribution in [0.2, 0.25) is 0 Å². The summed E-state index contributed by atoms with van der Waals surface area (Å²) < 4.78 is 2.65. The van der Waals surface area contributed by atoms with E-state index in [0.717, 1.165) is 10.4 Å². The van der Waals surface area contributed by atoms with E-state index in [1.807, 2.05) is 35.2 Å².